The van der Waals surface area contributed by atoms with Gasteiger partial charge in [0.2, 0.25) is 0 Å². The molecule has 236 valence electrons. The number of ketones is 1. The number of nitrogens with zero attached hydrogens (tertiary/aromatic N) is 1. The van der Waals surface area contributed by atoms with Crippen LogP contribution in [0.3, 0.4) is 0 Å². The molecule has 44 heavy (non-hydrogen) atoms. The van der Waals surface area contributed by atoms with Crippen molar-refractivity contribution in [3.05, 3.63) is 63.9 Å². The molecular weight excluding hydrogens is 578 g/mol. The molecule has 3 aromatic rings. The standard InChI is InChI=1S/C24H27N3O2.C10H16O4S/c28-24-21-6-2-1-5-20(21)22-16-17-15-18(7-8-19(17)23(22)26-24)25-9-3-4-10-27-11-13-29-14-12-27;1-9(2)7-3-4-10(9,8(11)5-7)6-15(12,13)14/h1-2,5-8,15,25H,3-4,9-14,16H2,(H,26,28);7H,3-6H2,1-2H3,(H,12,13,14). The summed E-state index contributed by atoms with van der Waals surface area (Å²) in [5, 5.41) is 5.42. The molecule has 2 saturated carbocycles. The molecule has 1 saturated heterocycles. The highest BCUT2D eigenvalue weighted by molar-refractivity contribution is 7.85. The van der Waals surface area contributed by atoms with E-state index < -0.39 is 21.3 Å². The van der Waals surface area contributed by atoms with Crippen LogP contribution in [0.25, 0.3) is 22.0 Å². The lowest BCUT2D eigenvalue weighted by Gasteiger charge is -2.35. The minimum Gasteiger partial charge on any atom is -0.385 e. The lowest BCUT2D eigenvalue weighted by atomic mass is 9.70. The number of carbonyl (C=O) groups excluding carboxylic acids is 1. The lowest BCUT2D eigenvalue weighted by Crippen LogP contribution is -2.42. The summed E-state index contributed by atoms with van der Waals surface area (Å²) in [6.45, 7) is 9.90. The van der Waals surface area contributed by atoms with E-state index in [0.29, 0.717) is 12.8 Å². The van der Waals surface area contributed by atoms with Gasteiger partial charge in [-0.2, -0.15) is 8.42 Å². The molecule has 3 fully saturated rings. The number of Topliss-reactive ketones (excluding diaryl/α,β-unsaturated/α-hetero) is 1. The van der Waals surface area contributed by atoms with Gasteiger partial charge >= 0.3 is 0 Å². The highest BCUT2D eigenvalue weighted by Gasteiger charge is 2.65. The molecule has 0 spiro atoms. The highest BCUT2D eigenvalue weighted by Crippen LogP contribution is 2.64. The Morgan fingerprint density at radius 2 is 1.82 bits per heavy atom. The Morgan fingerprint density at radius 1 is 1.07 bits per heavy atom. The average Bonchev–Trinajstić information content (AvgIpc) is 3.53. The fourth-order valence-corrected chi connectivity index (χ4v) is 9.27. The van der Waals surface area contributed by atoms with E-state index in [-0.39, 0.29) is 22.7 Å². The molecule has 3 aliphatic carbocycles. The van der Waals surface area contributed by atoms with Crippen molar-refractivity contribution >= 4 is 32.4 Å². The van der Waals surface area contributed by atoms with Gasteiger partial charge in [0.25, 0.3) is 15.7 Å². The van der Waals surface area contributed by atoms with Crippen molar-refractivity contribution in [3.63, 3.8) is 0 Å². The second-order valence-electron chi connectivity index (χ2n) is 13.4. The first-order chi connectivity index (χ1) is 21.0. The monoisotopic (exact) mass is 621 g/mol. The van der Waals surface area contributed by atoms with Crippen molar-refractivity contribution in [1.29, 1.82) is 0 Å². The van der Waals surface area contributed by atoms with Crippen LogP contribution < -0.4 is 10.9 Å². The molecule has 2 atom stereocenters. The minimum atomic E-state index is -4.08. The van der Waals surface area contributed by atoms with Gasteiger partial charge < -0.3 is 15.0 Å². The summed E-state index contributed by atoms with van der Waals surface area (Å²) < 4.78 is 36.4. The van der Waals surface area contributed by atoms with Gasteiger partial charge in [-0.3, -0.25) is 19.0 Å². The Kier molecular flexibility index (Phi) is 8.47. The van der Waals surface area contributed by atoms with Crippen molar-refractivity contribution in [2.75, 3.05) is 50.5 Å². The van der Waals surface area contributed by atoms with Crippen LogP contribution in [0.15, 0.2) is 47.3 Å². The summed E-state index contributed by atoms with van der Waals surface area (Å²) in [7, 11) is -4.08. The number of fused-ring (bicyclic) bond motifs is 7. The average molecular weight is 622 g/mol. The molecule has 10 heteroatoms. The van der Waals surface area contributed by atoms with Gasteiger partial charge in [-0.1, -0.05) is 38.1 Å². The molecule has 3 N–H and O–H groups in total. The SMILES string of the molecule is CC1(C)C2CCC1(CS(=O)(=O)O)C(=O)C2.O=c1[nH]c2c(c3ccccc13)Cc1cc(NCCCCN3CCOCC3)ccc1-2. The van der Waals surface area contributed by atoms with E-state index in [1.165, 1.54) is 17.5 Å². The van der Waals surface area contributed by atoms with E-state index in [1.807, 2.05) is 32.0 Å². The number of anilines is 1. The maximum Gasteiger partial charge on any atom is 0.265 e. The van der Waals surface area contributed by atoms with Crippen molar-refractivity contribution in [2.45, 2.75) is 52.4 Å². The number of benzene rings is 2. The number of rotatable bonds is 8. The summed E-state index contributed by atoms with van der Waals surface area (Å²) in [5.74, 6) is -0.101. The molecule has 2 aromatic carbocycles. The second-order valence-corrected chi connectivity index (χ2v) is 14.8. The van der Waals surface area contributed by atoms with E-state index in [4.69, 9.17) is 9.29 Å². The van der Waals surface area contributed by atoms with Crippen molar-refractivity contribution in [3.8, 4) is 11.3 Å². The summed E-state index contributed by atoms with van der Waals surface area (Å²) >= 11 is 0. The zero-order chi connectivity index (χ0) is 31.1. The van der Waals surface area contributed by atoms with Crippen LogP contribution in [-0.4, -0.2) is 73.8 Å². The van der Waals surface area contributed by atoms with Gasteiger partial charge in [-0.15, -0.1) is 0 Å². The second kappa shape index (κ2) is 12.0. The Bertz CT molecular complexity index is 1730. The van der Waals surface area contributed by atoms with Crippen LogP contribution in [0.5, 0.6) is 0 Å². The van der Waals surface area contributed by atoms with Gasteiger partial charge in [-0.25, -0.2) is 0 Å². The molecule has 1 aliphatic heterocycles. The zero-order valence-corrected chi connectivity index (χ0v) is 26.5. The number of unbranched alkanes of at least 4 members (excludes halogenated alkanes) is 1. The molecule has 4 aliphatic rings. The number of pyridine rings is 1. The van der Waals surface area contributed by atoms with E-state index >= 15 is 0 Å². The Balaban J connectivity index is 0.000000193. The molecule has 9 nitrogen and oxygen atoms in total. The summed E-state index contributed by atoms with van der Waals surface area (Å²) in [6, 6.07) is 14.4. The fourth-order valence-electron chi connectivity index (χ4n) is 7.97. The number of hydrogen-bond acceptors (Lipinski definition) is 7. The molecule has 2 bridgehead atoms. The quantitative estimate of drug-likeness (QED) is 0.187. The van der Waals surface area contributed by atoms with Crippen LogP contribution in [-0.2, 0) is 26.1 Å². The molecule has 7 rings (SSSR count). The number of morpholine rings is 1. The van der Waals surface area contributed by atoms with Crippen LogP contribution >= 0.6 is 0 Å². The molecule has 2 unspecified atom stereocenters. The number of aromatic nitrogens is 1. The van der Waals surface area contributed by atoms with Gasteiger partial charge in [0, 0.05) is 49.1 Å². The van der Waals surface area contributed by atoms with Crippen LogP contribution in [0, 0.1) is 16.7 Å². The van der Waals surface area contributed by atoms with E-state index in [2.05, 4.69) is 39.5 Å². The van der Waals surface area contributed by atoms with Crippen LogP contribution in [0.2, 0.25) is 0 Å². The Labute approximate surface area is 259 Å². The van der Waals surface area contributed by atoms with Crippen molar-refractivity contribution in [2.24, 2.45) is 16.7 Å². The topological polar surface area (TPSA) is 129 Å². The number of hydrogen-bond donors (Lipinski definition) is 3. The van der Waals surface area contributed by atoms with Gasteiger partial charge in [0.05, 0.1) is 30.1 Å². The van der Waals surface area contributed by atoms with Gasteiger partial charge in [0.15, 0.2) is 0 Å². The van der Waals surface area contributed by atoms with Crippen LogP contribution in [0.4, 0.5) is 5.69 Å². The third-order valence-corrected chi connectivity index (χ3v) is 11.5. The smallest absolute Gasteiger partial charge is 0.265 e. The summed E-state index contributed by atoms with van der Waals surface area (Å²) in [6.07, 6.45) is 5.21. The van der Waals surface area contributed by atoms with Crippen molar-refractivity contribution in [1.82, 2.24) is 9.88 Å². The first kappa shape index (κ1) is 31.0. The Hall–Kier alpha value is -3.05. The maximum atomic E-state index is 12.5. The van der Waals surface area contributed by atoms with Crippen LogP contribution in [0.1, 0.15) is 57.1 Å². The maximum absolute atomic E-state index is 12.5. The largest absolute Gasteiger partial charge is 0.385 e. The van der Waals surface area contributed by atoms with E-state index in [1.54, 1.807) is 0 Å². The predicted octanol–water partition coefficient (Wildman–Crippen LogP) is 4.89. The number of ether oxygens (including phenoxy) is 1. The number of carbonyl (C=O) groups is 1. The first-order valence-corrected chi connectivity index (χ1v) is 17.4. The minimum absolute atomic E-state index is 0.00494. The third kappa shape index (κ3) is 5.85. The Morgan fingerprint density at radius 3 is 2.50 bits per heavy atom. The highest BCUT2D eigenvalue weighted by atomic mass is 32.2. The molecule has 0 radical (unpaired) electrons. The van der Waals surface area contributed by atoms with E-state index in [9.17, 15) is 18.0 Å². The fraction of sp³-hybridized carbons (Fsp3) is 0.529. The lowest BCUT2D eigenvalue weighted by molar-refractivity contribution is -0.128. The number of H-pyrrole nitrogens is 1. The zero-order valence-electron chi connectivity index (χ0n) is 25.7. The van der Waals surface area contributed by atoms with E-state index in [0.717, 1.165) is 86.4 Å². The molecule has 2 heterocycles. The van der Waals surface area contributed by atoms with Crippen molar-refractivity contribution < 1.29 is 22.5 Å². The predicted molar refractivity (Wildman–Crippen MR) is 173 cm³/mol. The molecular formula is C34H43N3O6S. The van der Waals surface area contributed by atoms with Gasteiger partial charge in [-0.05, 0) is 78.3 Å². The van der Waals surface area contributed by atoms with Gasteiger partial charge in [0.1, 0.15) is 5.78 Å². The molecule has 1 aromatic heterocycles. The molecule has 0 amide bonds. The third-order valence-electron chi connectivity index (χ3n) is 10.7. The summed E-state index contributed by atoms with van der Waals surface area (Å²) in [5.41, 5.74) is 4.69. The summed E-state index contributed by atoms with van der Waals surface area (Å²) in [4.78, 5) is 29.9. The number of aromatic amines is 1. The number of nitrogens with one attached hydrogen (secondary N) is 2. The first-order valence-electron chi connectivity index (χ1n) is 15.8. The normalized spacial score (nSPS) is 23.7.